The molecule has 1 heterocycles. The van der Waals surface area contributed by atoms with Crippen LogP contribution in [0.1, 0.15) is 0 Å². The molecule has 0 saturated carbocycles. The Morgan fingerprint density at radius 2 is 1.56 bits per heavy atom. The van der Waals surface area contributed by atoms with E-state index in [1.165, 1.54) is 5.69 Å². The molecule has 1 aromatic rings. The third kappa shape index (κ3) is 4.82. The maximum atomic E-state index is 5.87. The van der Waals surface area contributed by atoms with E-state index in [9.17, 15) is 0 Å². The average molecular weight is 313 g/mol. The fraction of sp³-hybridized carbons (Fsp3) is 0.500. The maximum absolute atomic E-state index is 5.87. The molecule has 0 radical (unpaired) electrons. The molecule has 0 aromatic heterocycles. The van der Waals surface area contributed by atoms with Gasteiger partial charge in [-0.05, 0) is 24.3 Å². The van der Waals surface area contributed by atoms with Crippen LogP contribution in [0.3, 0.4) is 0 Å². The third-order valence-electron chi connectivity index (χ3n) is 3.01. The first kappa shape index (κ1) is 17.8. The summed E-state index contributed by atoms with van der Waals surface area (Å²) in [4.78, 5) is 4.80. The molecule has 1 aromatic carbocycles. The van der Waals surface area contributed by atoms with E-state index in [0.29, 0.717) is 0 Å². The van der Waals surface area contributed by atoms with Crippen LogP contribution in [0, 0.1) is 0 Å². The summed E-state index contributed by atoms with van der Waals surface area (Å²) < 4.78 is 0. The number of hydrogen-bond donors (Lipinski definition) is 1. The number of benzene rings is 1. The molecule has 0 unspecified atom stereocenters. The molecule has 104 valence electrons. The molecular weight excluding hydrogens is 293 g/mol. The number of nitrogens with two attached hydrogens (primary N) is 1. The van der Waals surface area contributed by atoms with Crippen molar-refractivity contribution in [1.29, 1.82) is 0 Å². The molecule has 1 saturated heterocycles. The van der Waals surface area contributed by atoms with Gasteiger partial charge >= 0.3 is 0 Å². The number of hydrogen-bond acceptors (Lipinski definition) is 3. The molecule has 0 bridgehead atoms. The van der Waals surface area contributed by atoms with Gasteiger partial charge in [0.2, 0.25) is 0 Å². The quantitative estimate of drug-likeness (QED) is 0.929. The summed E-state index contributed by atoms with van der Waals surface area (Å²) in [6, 6.07) is 8.06. The fourth-order valence-electron chi connectivity index (χ4n) is 2.06. The van der Waals surface area contributed by atoms with Crippen molar-refractivity contribution in [3.8, 4) is 0 Å². The first-order valence-corrected chi connectivity index (χ1v) is 6.10. The second kappa shape index (κ2) is 8.83. The molecule has 1 fully saturated rings. The lowest BCUT2D eigenvalue weighted by Crippen LogP contribution is -2.47. The van der Waals surface area contributed by atoms with E-state index in [4.69, 9.17) is 17.3 Å². The minimum Gasteiger partial charge on any atom is -0.369 e. The maximum Gasteiger partial charge on any atom is 0.0407 e. The minimum atomic E-state index is 0. The Kier molecular flexibility index (Phi) is 8.74. The number of rotatable bonds is 3. The van der Waals surface area contributed by atoms with Crippen LogP contribution in [0.15, 0.2) is 24.3 Å². The molecule has 3 nitrogen and oxygen atoms in total. The van der Waals surface area contributed by atoms with Gasteiger partial charge < -0.3 is 10.6 Å². The Morgan fingerprint density at radius 1 is 1.00 bits per heavy atom. The van der Waals surface area contributed by atoms with Crippen molar-refractivity contribution < 1.29 is 0 Å². The Bertz CT molecular complexity index is 324. The molecule has 0 spiro atoms. The van der Waals surface area contributed by atoms with Crippen molar-refractivity contribution >= 4 is 42.1 Å². The van der Waals surface area contributed by atoms with Gasteiger partial charge in [0.25, 0.3) is 0 Å². The van der Waals surface area contributed by atoms with Gasteiger partial charge in [0, 0.05) is 50.0 Å². The van der Waals surface area contributed by atoms with Gasteiger partial charge in [-0.3, -0.25) is 4.90 Å². The summed E-state index contributed by atoms with van der Waals surface area (Å²) in [7, 11) is 0. The van der Waals surface area contributed by atoms with Gasteiger partial charge in [-0.15, -0.1) is 24.8 Å². The Morgan fingerprint density at radius 3 is 2.06 bits per heavy atom. The standard InChI is InChI=1S/C12H18ClN3.2ClH/c13-11-1-3-12(4-2-11)16-9-7-15(6-5-14)8-10-16;;/h1-4H,5-10,14H2;2*1H. The molecule has 0 atom stereocenters. The third-order valence-corrected chi connectivity index (χ3v) is 3.26. The van der Waals surface area contributed by atoms with Gasteiger partial charge in [0.05, 0.1) is 0 Å². The molecule has 18 heavy (non-hydrogen) atoms. The zero-order valence-corrected chi connectivity index (χ0v) is 12.6. The van der Waals surface area contributed by atoms with Crippen molar-refractivity contribution in [2.45, 2.75) is 0 Å². The summed E-state index contributed by atoms with van der Waals surface area (Å²) in [5.74, 6) is 0. The highest BCUT2D eigenvalue weighted by atomic mass is 35.5. The second-order valence-corrected chi connectivity index (χ2v) is 4.53. The highest BCUT2D eigenvalue weighted by Gasteiger charge is 2.15. The van der Waals surface area contributed by atoms with Crippen LogP contribution in [-0.2, 0) is 0 Å². The molecule has 0 amide bonds. The van der Waals surface area contributed by atoms with Crippen LogP contribution in [0.4, 0.5) is 5.69 Å². The van der Waals surface area contributed by atoms with Crippen molar-refractivity contribution in [1.82, 2.24) is 4.90 Å². The lowest BCUT2D eigenvalue weighted by Gasteiger charge is -2.35. The number of nitrogens with zero attached hydrogens (tertiary/aromatic N) is 2. The van der Waals surface area contributed by atoms with Gasteiger partial charge in [-0.25, -0.2) is 0 Å². The summed E-state index contributed by atoms with van der Waals surface area (Å²) in [5, 5.41) is 0.797. The Labute approximate surface area is 126 Å². The lowest BCUT2D eigenvalue weighted by molar-refractivity contribution is 0.265. The molecule has 1 aliphatic rings. The van der Waals surface area contributed by atoms with Crippen molar-refractivity contribution in [2.24, 2.45) is 5.73 Å². The summed E-state index contributed by atoms with van der Waals surface area (Å²) >= 11 is 5.87. The van der Waals surface area contributed by atoms with E-state index in [2.05, 4.69) is 21.9 Å². The predicted octanol–water partition coefficient (Wildman–Crippen LogP) is 2.26. The van der Waals surface area contributed by atoms with Crippen LogP contribution < -0.4 is 10.6 Å². The van der Waals surface area contributed by atoms with Gasteiger partial charge in [0.1, 0.15) is 0 Å². The smallest absolute Gasteiger partial charge is 0.0407 e. The minimum absolute atomic E-state index is 0. The molecule has 6 heteroatoms. The summed E-state index contributed by atoms with van der Waals surface area (Å²) in [5.41, 5.74) is 6.81. The summed E-state index contributed by atoms with van der Waals surface area (Å²) in [6.45, 7) is 6.10. The van der Waals surface area contributed by atoms with Crippen LogP contribution >= 0.6 is 36.4 Å². The van der Waals surface area contributed by atoms with Crippen LogP contribution in [0.5, 0.6) is 0 Å². The Hall–Kier alpha value is -0.190. The van der Waals surface area contributed by atoms with Gasteiger partial charge in [-0.1, -0.05) is 11.6 Å². The monoisotopic (exact) mass is 311 g/mol. The van der Waals surface area contributed by atoms with Crippen molar-refractivity contribution in [3.63, 3.8) is 0 Å². The van der Waals surface area contributed by atoms with Crippen LogP contribution in [-0.4, -0.2) is 44.2 Å². The molecule has 1 aliphatic heterocycles. The lowest BCUT2D eigenvalue weighted by atomic mass is 10.2. The zero-order valence-electron chi connectivity index (χ0n) is 10.2. The normalized spacial score (nSPS) is 15.8. The number of anilines is 1. The predicted molar refractivity (Wildman–Crippen MR) is 83.7 cm³/mol. The van der Waals surface area contributed by atoms with E-state index in [1.807, 2.05) is 12.1 Å². The molecule has 0 aliphatic carbocycles. The number of piperazine rings is 1. The van der Waals surface area contributed by atoms with Gasteiger partial charge in [0.15, 0.2) is 0 Å². The van der Waals surface area contributed by atoms with Crippen LogP contribution in [0.2, 0.25) is 5.02 Å². The van der Waals surface area contributed by atoms with Crippen LogP contribution in [0.25, 0.3) is 0 Å². The highest BCUT2D eigenvalue weighted by Crippen LogP contribution is 2.19. The largest absolute Gasteiger partial charge is 0.369 e. The molecular formula is C12H20Cl3N3. The van der Waals surface area contributed by atoms with E-state index in [-0.39, 0.29) is 24.8 Å². The topological polar surface area (TPSA) is 32.5 Å². The van der Waals surface area contributed by atoms with E-state index in [0.717, 1.165) is 44.3 Å². The van der Waals surface area contributed by atoms with Crippen molar-refractivity contribution in [2.75, 3.05) is 44.2 Å². The molecule has 2 rings (SSSR count). The number of halogens is 3. The first-order valence-electron chi connectivity index (χ1n) is 5.72. The highest BCUT2D eigenvalue weighted by molar-refractivity contribution is 6.30. The van der Waals surface area contributed by atoms with E-state index < -0.39 is 0 Å². The zero-order chi connectivity index (χ0) is 11.4. The molecule has 2 N–H and O–H groups in total. The fourth-order valence-corrected chi connectivity index (χ4v) is 2.19. The van der Waals surface area contributed by atoms with E-state index in [1.54, 1.807) is 0 Å². The SMILES string of the molecule is Cl.Cl.NCCN1CCN(c2ccc(Cl)cc2)CC1. The second-order valence-electron chi connectivity index (χ2n) is 4.09. The Balaban J connectivity index is 0.00000144. The van der Waals surface area contributed by atoms with Crippen molar-refractivity contribution in [3.05, 3.63) is 29.3 Å². The summed E-state index contributed by atoms with van der Waals surface area (Å²) in [6.07, 6.45) is 0. The average Bonchev–Trinajstić information content (AvgIpc) is 2.32. The van der Waals surface area contributed by atoms with Gasteiger partial charge in [-0.2, -0.15) is 0 Å². The van der Waals surface area contributed by atoms with E-state index >= 15 is 0 Å². The first-order chi connectivity index (χ1) is 7.79.